The van der Waals surface area contributed by atoms with Crippen molar-refractivity contribution in [2.45, 2.75) is 19.9 Å². The molecule has 7 heteroatoms. The van der Waals surface area contributed by atoms with Crippen LogP contribution in [0.3, 0.4) is 0 Å². The zero-order valence-electron chi connectivity index (χ0n) is 10.2. The summed E-state index contributed by atoms with van der Waals surface area (Å²) < 4.78 is 1.24. The van der Waals surface area contributed by atoms with Crippen LogP contribution in [-0.2, 0) is 17.8 Å². The van der Waals surface area contributed by atoms with Gasteiger partial charge in [-0.3, -0.25) is 4.79 Å². The molecule has 2 rings (SSSR count). The van der Waals surface area contributed by atoms with Gasteiger partial charge in [-0.1, -0.05) is 19.1 Å². The Balaban J connectivity index is 1.99. The SMILES string of the molecule is CCc1ccc(NC(=O)Cn2nc(Cl)nc2Cl)cc1. The molecule has 0 aliphatic heterocycles. The molecule has 1 amide bonds. The third kappa shape index (κ3) is 3.68. The van der Waals surface area contributed by atoms with Gasteiger partial charge < -0.3 is 5.32 Å². The first-order valence-electron chi connectivity index (χ1n) is 5.73. The van der Waals surface area contributed by atoms with E-state index in [-0.39, 0.29) is 23.0 Å². The van der Waals surface area contributed by atoms with Crippen LogP contribution in [0.5, 0.6) is 0 Å². The number of aryl methyl sites for hydroxylation is 1. The molecule has 1 N–H and O–H groups in total. The van der Waals surface area contributed by atoms with E-state index in [1.54, 1.807) is 0 Å². The average molecular weight is 299 g/mol. The van der Waals surface area contributed by atoms with Gasteiger partial charge in [-0.15, -0.1) is 5.10 Å². The third-order valence-corrected chi connectivity index (χ3v) is 2.98. The fraction of sp³-hybridized carbons (Fsp3) is 0.250. The number of benzene rings is 1. The first-order valence-corrected chi connectivity index (χ1v) is 6.48. The Kier molecular flexibility index (Phi) is 4.39. The van der Waals surface area contributed by atoms with E-state index >= 15 is 0 Å². The van der Waals surface area contributed by atoms with Crippen LogP contribution in [0.15, 0.2) is 24.3 Å². The van der Waals surface area contributed by atoms with Crippen molar-refractivity contribution in [2.75, 3.05) is 5.32 Å². The predicted octanol–water partition coefficient (Wildman–Crippen LogP) is 2.79. The number of carbonyl (C=O) groups excluding carboxylic acids is 1. The van der Waals surface area contributed by atoms with E-state index in [1.807, 2.05) is 24.3 Å². The van der Waals surface area contributed by atoms with Gasteiger partial charge in [-0.05, 0) is 47.3 Å². The average Bonchev–Trinajstić information content (AvgIpc) is 2.68. The van der Waals surface area contributed by atoms with Crippen LogP contribution in [0.1, 0.15) is 12.5 Å². The van der Waals surface area contributed by atoms with Crippen molar-refractivity contribution in [3.8, 4) is 0 Å². The van der Waals surface area contributed by atoms with Crippen molar-refractivity contribution >= 4 is 34.8 Å². The number of nitrogens with one attached hydrogen (secondary N) is 1. The number of anilines is 1. The zero-order chi connectivity index (χ0) is 13.8. The van der Waals surface area contributed by atoms with Crippen LogP contribution in [0, 0.1) is 0 Å². The summed E-state index contributed by atoms with van der Waals surface area (Å²) in [7, 11) is 0. The molecule has 0 aliphatic carbocycles. The lowest BCUT2D eigenvalue weighted by molar-refractivity contribution is -0.116. The maximum absolute atomic E-state index is 11.8. The highest BCUT2D eigenvalue weighted by Gasteiger charge is 2.10. The molecule has 1 aromatic carbocycles. The predicted molar refractivity (Wildman–Crippen MR) is 74.5 cm³/mol. The maximum Gasteiger partial charge on any atom is 0.246 e. The molecule has 0 saturated heterocycles. The molecule has 0 radical (unpaired) electrons. The quantitative estimate of drug-likeness (QED) is 0.944. The second kappa shape index (κ2) is 6.04. The Labute approximate surface area is 120 Å². The first-order chi connectivity index (χ1) is 9.08. The number of carbonyl (C=O) groups is 1. The zero-order valence-corrected chi connectivity index (χ0v) is 11.7. The summed E-state index contributed by atoms with van der Waals surface area (Å²) in [5.41, 5.74) is 1.94. The monoisotopic (exact) mass is 298 g/mol. The standard InChI is InChI=1S/C12H12Cl2N4O/c1-2-8-3-5-9(6-4-8)15-10(19)7-18-12(14)16-11(13)17-18/h3-6H,2,7H2,1H3,(H,15,19). The molecule has 0 bridgehead atoms. The Morgan fingerprint density at radius 1 is 1.32 bits per heavy atom. The summed E-state index contributed by atoms with van der Waals surface area (Å²) in [6.07, 6.45) is 0.960. The number of hydrogen-bond acceptors (Lipinski definition) is 3. The highest BCUT2D eigenvalue weighted by Crippen LogP contribution is 2.12. The van der Waals surface area contributed by atoms with Gasteiger partial charge in [0.05, 0.1) is 0 Å². The van der Waals surface area contributed by atoms with Crippen LogP contribution < -0.4 is 5.32 Å². The Morgan fingerprint density at radius 2 is 2.00 bits per heavy atom. The second-order valence-corrected chi connectivity index (χ2v) is 4.58. The molecule has 0 fully saturated rings. The smallest absolute Gasteiger partial charge is 0.246 e. The molecule has 0 saturated carbocycles. The van der Waals surface area contributed by atoms with Crippen molar-refractivity contribution in [3.05, 3.63) is 40.4 Å². The Hall–Kier alpha value is -1.59. The minimum Gasteiger partial charge on any atom is -0.324 e. The Bertz CT molecular complexity index is 580. The van der Waals surface area contributed by atoms with Crippen molar-refractivity contribution in [2.24, 2.45) is 0 Å². The van der Waals surface area contributed by atoms with Gasteiger partial charge in [0.15, 0.2) is 0 Å². The van der Waals surface area contributed by atoms with Crippen LogP contribution in [0.4, 0.5) is 5.69 Å². The largest absolute Gasteiger partial charge is 0.324 e. The minimum absolute atomic E-state index is 0.0186. The molecule has 0 spiro atoms. The number of hydrogen-bond donors (Lipinski definition) is 1. The highest BCUT2D eigenvalue weighted by molar-refractivity contribution is 6.31. The molecule has 1 heterocycles. The van der Waals surface area contributed by atoms with Crippen molar-refractivity contribution in [1.29, 1.82) is 0 Å². The summed E-state index contributed by atoms with van der Waals surface area (Å²) in [5.74, 6) is -0.243. The van der Waals surface area contributed by atoms with Gasteiger partial charge in [-0.25, -0.2) is 4.68 Å². The number of halogens is 2. The maximum atomic E-state index is 11.8. The van der Waals surface area contributed by atoms with Crippen LogP contribution in [-0.4, -0.2) is 20.7 Å². The molecule has 0 atom stereocenters. The fourth-order valence-corrected chi connectivity index (χ4v) is 1.95. The number of amides is 1. The van der Waals surface area contributed by atoms with Crippen molar-refractivity contribution in [1.82, 2.24) is 14.8 Å². The summed E-state index contributed by atoms with van der Waals surface area (Å²) in [5, 5.41) is 6.65. The van der Waals surface area contributed by atoms with E-state index in [0.29, 0.717) is 0 Å². The lowest BCUT2D eigenvalue weighted by Gasteiger charge is -2.06. The summed E-state index contributed by atoms with van der Waals surface area (Å²) >= 11 is 11.3. The molecule has 2 aromatic rings. The molecule has 1 aromatic heterocycles. The third-order valence-electron chi connectivity index (χ3n) is 2.54. The van der Waals surface area contributed by atoms with Gasteiger partial charge in [0.2, 0.25) is 16.5 Å². The Morgan fingerprint density at radius 3 is 2.53 bits per heavy atom. The molecule has 100 valence electrons. The molecule has 0 aliphatic rings. The summed E-state index contributed by atoms with van der Waals surface area (Å²) in [6.45, 7) is 2.04. The van der Waals surface area contributed by atoms with Crippen LogP contribution in [0.25, 0.3) is 0 Å². The van der Waals surface area contributed by atoms with E-state index in [0.717, 1.165) is 12.1 Å². The molecule has 0 unspecified atom stereocenters. The van der Waals surface area contributed by atoms with Gasteiger partial charge in [0.1, 0.15) is 6.54 Å². The van der Waals surface area contributed by atoms with E-state index < -0.39 is 0 Å². The summed E-state index contributed by atoms with van der Waals surface area (Å²) in [4.78, 5) is 15.5. The van der Waals surface area contributed by atoms with Gasteiger partial charge in [-0.2, -0.15) is 4.98 Å². The van der Waals surface area contributed by atoms with E-state index in [4.69, 9.17) is 23.2 Å². The van der Waals surface area contributed by atoms with Gasteiger partial charge in [0, 0.05) is 5.69 Å². The first kappa shape index (κ1) is 13.8. The minimum atomic E-state index is -0.243. The summed E-state index contributed by atoms with van der Waals surface area (Å²) in [6, 6.07) is 7.64. The van der Waals surface area contributed by atoms with Gasteiger partial charge in [0.25, 0.3) is 0 Å². The lowest BCUT2D eigenvalue weighted by Crippen LogP contribution is -2.19. The van der Waals surface area contributed by atoms with Crippen molar-refractivity contribution in [3.63, 3.8) is 0 Å². The fourth-order valence-electron chi connectivity index (χ4n) is 1.56. The molecular weight excluding hydrogens is 287 g/mol. The van der Waals surface area contributed by atoms with Gasteiger partial charge >= 0.3 is 0 Å². The normalized spacial score (nSPS) is 10.5. The van der Waals surface area contributed by atoms with E-state index in [1.165, 1.54) is 10.2 Å². The molecule has 5 nitrogen and oxygen atoms in total. The van der Waals surface area contributed by atoms with E-state index in [9.17, 15) is 4.79 Å². The second-order valence-electron chi connectivity index (χ2n) is 3.91. The topological polar surface area (TPSA) is 59.8 Å². The van der Waals surface area contributed by atoms with E-state index in [2.05, 4.69) is 22.3 Å². The molecule has 19 heavy (non-hydrogen) atoms. The number of rotatable bonds is 4. The van der Waals surface area contributed by atoms with Crippen LogP contribution in [0.2, 0.25) is 10.6 Å². The number of aromatic nitrogens is 3. The number of nitrogens with zero attached hydrogens (tertiary/aromatic N) is 3. The van der Waals surface area contributed by atoms with Crippen molar-refractivity contribution < 1.29 is 4.79 Å². The molecular formula is C12H12Cl2N4O. The highest BCUT2D eigenvalue weighted by atomic mass is 35.5. The lowest BCUT2D eigenvalue weighted by atomic mass is 10.1. The van der Waals surface area contributed by atoms with Crippen LogP contribution >= 0.6 is 23.2 Å².